The van der Waals surface area contributed by atoms with E-state index in [1.54, 1.807) is 12.1 Å². The molecule has 6 heteroatoms. The molecular weight excluding hydrogens is 314 g/mol. The molecule has 3 aliphatic carbocycles. The van der Waals surface area contributed by atoms with Crippen LogP contribution >= 0.6 is 12.4 Å². The Kier molecular flexibility index (Phi) is 3.71. The van der Waals surface area contributed by atoms with Crippen molar-refractivity contribution in [1.82, 2.24) is 10.5 Å². The van der Waals surface area contributed by atoms with E-state index in [0.717, 1.165) is 54.0 Å². The van der Waals surface area contributed by atoms with Crippen LogP contribution in [0.5, 0.6) is 5.75 Å². The maximum absolute atomic E-state index is 10.0. The first kappa shape index (κ1) is 16.3. The fourth-order valence-electron chi connectivity index (χ4n) is 4.16. The van der Waals surface area contributed by atoms with Gasteiger partial charge in [-0.15, -0.1) is 12.4 Å². The molecule has 0 saturated heterocycles. The molecule has 0 unspecified atom stereocenters. The van der Waals surface area contributed by atoms with E-state index in [-0.39, 0.29) is 29.2 Å². The molecule has 3 aliphatic rings. The van der Waals surface area contributed by atoms with Crippen LogP contribution in [0.3, 0.4) is 0 Å². The van der Waals surface area contributed by atoms with E-state index in [4.69, 9.17) is 10.3 Å². The van der Waals surface area contributed by atoms with Gasteiger partial charge in [-0.3, -0.25) is 0 Å². The molecule has 0 radical (unpaired) electrons. The van der Waals surface area contributed by atoms with Gasteiger partial charge in [0.15, 0.2) is 0 Å². The number of hydrogen-bond acceptors (Lipinski definition) is 5. The number of nitrogens with zero attached hydrogens (tertiary/aromatic N) is 1. The topological polar surface area (TPSA) is 84.3 Å². The van der Waals surface area contributed by atoms with Crippen molar-refractivity contribution in [1.29, 1.82) is 0 Å². The van der Waals surface area contributed by atoms with E-state index in [1.807, 2.05) is 13.8 Å². The number of nitrogens with one attached hydrogen (secondary N) is 1. The van der Waals surface area contributed by atoms with Crippen molar-refractivity contribution in [3.63, 3.8) is 0 Å². The lowest BCUT2D eigenvalue weighted by Crippen LogP contribution is -2.81. The van der Waals surface area contributed by atoms with Crippen LogP contribution < -0.4 is 11.1 Å². The second-order valence-corrected chi connectivity index (χ2v) is 7.11. The molecule has 1 aromatic heterocycles. The highest BCUT2D eigenvalue weighted by atomic mass is 35.5. The monoisotopic (exact) mass is 335 g/mol. The maximum Gasteiger partial charge on any atom is 0.141 e. The first-order valence-corrected chi connectivity index (χ1v) is 7.68. The van der Waals surface area contributed by atoms with Crippen molar-refractivity contribution >= 4 is 12.4 Å². The largest absolute Gasteiger partial charge is 0.508 e. The lowest BCUT2D eigenvalue weighted by molar-refractivity contribution is -0.0797. The summed E-state index contributed by atoms with van der Waals surface area (Å²) < 4.78 is 5.23. The Labute approximate surface area is 141 Å². The average Bonchev–Trinajstić information content (AvgIpc) is 2.71. The zero-order valence-corrected chi connectivity index (χ0v) is 14.2. The molecule has 5 nitrogen and oxygen atoms in total. The van der Waals surface area contributed by atoms with Crippen molar-refractivity contribution in [3.05, 3.63) is 35.2 Å². The highest BCUT2D eigenvalue weighted by Gasteiger charge is 2.65. The molecule has 23 heavy (non-hydrogen) atoms. The summed E-state index contributed by atoms with van der Waals surface area (Å²) in [6.07, 6.45) is 3.20. The van der Waals surface area contributed by atoms with Gasteiger partial charge < -0.3 is 20.7 Å². The van der Waals surface area contributed by atoms with Crippen molar-refractivity contribution in [2.75, 3.05) is 0 Å². The highest BCUT2D eigenvalue weighted by Crippen LogP contribution is 2.58. The predicted octanol–water partition coefficient (Wildman–Crippen LogP) is 2.81. The quantitative estimate of drug-likeness (QED) is 0.800. The minimum Gasteiger partial charge on any atom is -0.508 e. The molecule has 3 saturated carbocycles. The number of aromatic hydroxyl groups is 1. The first-order chi connectivity index (χ1) is 10.4. The van der Waals surface area contributed by atoms with Gasteiger partial charge in [-0.1, -0.05) is 5.16 Å². The van der Waals surface area contributed by atoms with E-state index in [1.165, 1.54) is 0 Å². The number of benzene rings is 1. The number of phenols is 1. The van der Waals surface area contributed by atoms with E-state index >= 15 is 0 Å². The third-order valence-corrected chi connectivity index (χ3v) is 5.04. The molecule has 2 aromatic rings. The van der Waals surface area contributed by atoms with E-state index in [0.29, 0.717) is 0 Å². The lowest BCUT2D eigenvalue weighted by Gasteiger charge is -2.69. The van der Waals surface area contributed by atoms with Gasteiger partial charge >= 0.3 is 0 Å². The molecule has 0 aliphatic heterocycles. The van der Waals surface area contributed by atoms with Crippen molar-refractivity contribution < 1.29 is 9.63 Å². The number of phenolic OH excluding ortho intramolecular Hbond substituents is 1. The Morgan fingerprint density at radius 3 is 2.52 bits per heavy atom. The van der Waals surface area contributed by atoms with Gasteiger partial charge in [0.2, 0.25) is 0 Å². The van der Waals surface area contributed by atoms with Crippen molar-refractivity contribution in [2.24, 2.45) is 5.73 Å². The standard InChI is InChI=1S/C17H21N3O2.ClH/c1-10-15(11(2)22-20-10)13-3-12(4-14(21)5-13)6-19-17-7-16(18,8-17)9-17;/h3-5,19,21H,6-9,18H2,1-2H3;1H. The summed E-state index contributed by atoms with van der Waals surface area (Å²) in [5.41, 5.74) is 10.2. The third-order valence-electron chi connectivity index (χ3n) is 5.04. The predicted molar refractivity (Wildman–Crippen MR) is 90.7 cm³/mol. The molecule has 0 amide bonds. The molecule has 0 atom stereocenters. The normalized spacial score (nSPS) is 27.8. The summed E-state index contributed by atoms with van der Waals surface area (Å²) in [4.78, 5) is 0. The summed E-state index contributed by atoms with van der Waals surface area (Å²) in [6.45, 7) is 4.54. The van der Waals surface area contributed by atoms with Gasteiger partial charge in [0.1, 0.15) is 11.5 Å². The molecule has 1 aromatic carbocycles. The number of aromatic nitrogens is 1. The zero-order chi connectivity index (χ0) is 15.5. The number of nitrogens with two attached hydrogens (primary N) is 1. The van der Waals surface area contributed by atoms with E-state index in [9.17, 15) is 5.11 Å². The van der Waals surface area contributed by atoms with Gasteiger partial charge in [-0.2, -0.15) is 0 Å². The van der Waals surface area contributed by atoms with Crippen LogP contribution in [-0.4, -0.2) is 21.3 Å². The van der Waals surface area contributed by atoms with Crippen molar-refractivity contribution in [3.8, 4) is 16.9 Å². The summed E-state index contributed by atoms with van der Waals surface area (Å²) in [5.74, 6) is 1.04. The Morgan fingerprint density at radius 2 is 1.96 bits per heavy atom. The smallest absolute Gasteiger partial charge is 0.141 e. The number of rotatable bonds is 4. The molecule has 0 spiro atoms. The Balaban J connectivity index is 0.00000156. The molecule has 3 fully saturated rings. The Hall–Kier alpha value is -1.56. The highest BCUT2D eigenvalue weighted by molar-refractivity contribution is 5.85. The van der Waals surface area contributed by atoms with Crippen LogP contribution in [0, 0.1) is 13.8 Å². The summed E-state index contributed by atoms with van der Waals surface area (Å²) in [6, 6.07) is 5.65. The van der Waals surface area contributed by atoms with Gasteiger partial charge in [-0.25, -0.2) is 0 Å². The van der Waals surface area contributed by atoms with Crippen LogP contribution in [0.2, 0.25) is 0 Å². The zero-order valence-electron chi connectivity index (χ0n) is 13.3. The minimum absolute atomic E-state index is 0. The molecule has 124 valence electrons. The van der Waals surface area contributed by atoms with Gasteiger partial charge in [0.25, 0.3) is 0 Å². The second kappa shape index (κ2) is 5.23. The van der Waals surface area contributed by atoms with Crippen LogP contribution in [0.4, 0.5) is 0 Å². The average molecular weight is 336 g/mol. The van der Waals surface area contributed by atoms with Gasteiger partial charge in [-0.05, 0) is 62.4 Å². The third kappa shape index (κ3) is 2.63. The van der Waals surface area contributed by atoms with Gasteiger partial charge in [0.05, 0.1) is 5.69 Å². The molecule has 1 heterocycles. The Morgan fingerprint density at radius 1 is 1.26 bits per heavy atom. The van der Waals surface area contributed by atoms with Crippen LogP contribution in [0.1, 0.15) is 36.3 Å². The molecule has 2 bridgehead atoms. The fourth-order valence-corrected chi connectivity index (χ4v) is 4.16. The second-order valence-electron chi connectivity index (χ2n) is 7.11. The van der Waals surface area contributed by atoms with Crippen LogP contribution in [0.25, 0.3) is 11.1 Å². The van der Waals surface area contributed by atoms with E-state index < -0.39 is 0 Å². The minimum atomic E-state index is 0. The number of hydrogen-bond donors (Lipinski definition) is 3. The fraction of sp³-hybridized carbons (Fsp3) is 0.471. The molecular formula is C17H22ClN3O2. The number of aryl methyl sites for hydroxylation is 2. The van der Waals surface area contributed by atoms with Crippen molar-refractivity contribution in [2.45, 2.75) is 50.7 Å². The summed E-state index contributed by atoms with van der Waals surface area (Å²) in [7, 11) is 0. The summed E-state index contributed by atoms with van der Waals surface area (Å²) >= 11 is 0. The first-order valence-electron chi connectivity index (χ1n) is 7.68. The lowest BCUT2D eigenvalue weighted by atomic mass is 9.44. The Bertz CT molecular complexity index is 717. The molecule has 4 N–H and O–H groups in total. The SMILES string of the molecule is Cc1noc(C)c1-c1cc(O)cc(CNC23CC(N)(C2)C3)c1.Cl. The summed E-state index contributed by atoms with van der Waals surface area (Å²) in [5, 5.41) is 17.6. The van der Waals surface area contributed by atoms with E-state index in [2.05, 4.69) is 16.5 Å². The molecule has 5 rings (SSSR count). The van der Waals surface area contributed by atoms with Crippen LogP contribution in [0.15, 0.2) is 22.7 Å². The maximum atomic E-state index is 10.0. The number of halogens is 1. The van der Waals surface area contributed by atoms with Gasteiger partial charge in [0, 0.05) is 23.2 Å². The van der Waals surface area contributed by atoms with Crippen LogP contribution in [-0.2, 0) is 6.54 Å².